The van der Waals surface area contributed by atoms with Crippen LogP contribution in [-0.2, 0) is 16.6 Å². The van der Waals surface area contributed by atoms with Crippen LogP contribution in [0, 0.1) is 5.82 Å². The van der Waals surface area contributed by atoms with Crippen LogP contribution in [0.15, 0.2) is 55.0 Å². The molecule has 4 heterocycles. The van der Waals surface area contributed by atoms with Crippen molar-refractivity contribution in [1.29, 1.82) is 0 Å². The van der Waals surface area contributed by atoms with Gasteiger partial charge in [0.1, 0.15) is 11.4 Å². The monoisotopic (exact) mass is 612 g/mol. The number of nitrogens with one attached hydrogen (secondary N) is 1. The van der Waals surface area contributed by atoms with E-state index in [1.807, 2.05) is 12.1 Å². The number of halogens is 4. The zero-order valence-electron chi connectivity index (χ0n) is 23.8. The van der Waals surface area contributed by atoms with Gasteiger partial charge in [0.15, 0.2) is 5.82 Å². The highest BCUT2D eigenvalue weighted by Crippen LogP contribution is 2.42. The van der Waals surface area contributed by atoms with E-state index in [-0.39, 0.29) is 24.0 Å². The van der Waals surface area contributed by atoms with Gasteiger partial charge in [0, 0.05) is 55.4 Å². The first-order chi connectivity index (χ1) is 21.0. The van der Waals surface area contributed by atoms with E-state index in [0.29, 0.717) is 49.1 Å². The van der Waals surface area contributed by atoms with Crippen molar-refractivity contribution in [3.8, 4) is 11.4 Å². The number of fused-ring (bicyclic) bond motifs is 1. The number of nitrogens with zero attached hydrogens (tertiary/aromatic N) is 5. The standard InChI is InChI=1S/C31H32F4N6O3/c32-23-4-3-20(31(33,34)35)16-22(23)29(43)39-18-27(42)41-15-9-24-25(41)8-14-40(24)21-6-10-30(44,11-7-21)26-5-2-19(17-38-26)28-36-12-1-13-37-28/h1-5,12-13,16-17,21,24-25,44H,6-11,14-15,18H2,(H,39,43)/t21?,24-,25-,30?/m1/s1. The average Bonchev–Trinajstić information content (AvgIpc) is 3.63. The summed E-state index contributed by atoms with van der Waals surface area (Å²) in [4.78, 5) is 42.7. The minimum Gasteiger partial charge on any atom is -0.384 e. The molecule has 3 fully saturated rings. The van der Waals surface area contributed by atoms with Crippen molar-refractivity contribution >= 4 is 11.8 Å². The van der Waals surface area contributed by atoms with Gasteiger partial charge in [-0.2, -0.15) is 13.2 Å². The second kappa shape index (κ2) is 11.8. The van der Waals surface area contributed by atoms with E-state index in [1.54, 1.807) is 29.6 Å². The van der Waals surface area contributed by atoms with Crippen LogP contribution in [0.4, 0.5) is 17.6 Å². The second-order valence-corrected chi connectivity index (χ2v) is 11.7. The Morgan fingerprint density at radius 2 is 1.70 bits per heavy atom. The van der Waals surface area contributed by atoms with Gasteiger partial charge in [0.25, 0.3) is 5.91 Å². The van der Waals surface area contributed by atoms with E-state index in [2.05, 4.69) is 25.2 Å². The summed E-state index contributed by atoms with van der Waals surface area (Å²) in [6.07, 6.45) is 4.47. The summed E-state index contributed by atoms with van der Waals surface area (Å²) in [6.45, 7) is 0.862. The highest BCUT2D eigenvalue weighted by molar-refractivity contribution is 5.97. The van der Waals surface area contributed by atoms with Gasteiger partial charge < -0.3 is 15.3 Å². The molecule has 44 heavy (non-hydrogen) atoms. The summed E-state index contributed by atoms with van der Waals surface area (Å²) in [7, 11) is 0. The highest BCUT2D eigenvalue weighted by Gasteiger charge is 2.48. The number of hydrogen-bond acceptors (Lipinski definition) is 7. The number of likely N-dealkylation sites (tertiary alicyclic amines) is 2. The molecule has 1 aromatic carbocycles. The van der Waals surface area contributed by atoms with Crippen LogP contribution >= 0.6 is 0 Å². The number of alkyl halides is 3. The molecule has 1 saturated carbocycles. The number of pyridine rings is 1. The first-order valence-corrected chi connectivity index (χ1v) is 14.7. The lowest BCUT2D eigenvalue weighted by Crippen LogP contribution is -2.47. The fourth-order valence-corrected chi connectivity index (χ4v) is 6.93. The Bertz CT molecular complexity index is 1510. The van der Waals surface area contributed by atoms with Gasteiger partial charge in [-0.05, 0) is 74.9 Å². The number of hydrogen-bond donors (Lipinski definition) is 2. The molecular weight excluding hydrogens is 580 g/mol. The van der Waals surface area contributed by atoms with Gasteiger partial charge in [0.05, 0.1) is 23.4 Å². The van der Waals surface area contributed by atoms with E-state index >= 15 is 0 Å². The molecule has 9 nitrogen and oxygen atoms in total. The maximum atomic E-state index is 14.1. The molecule has 6 rings (SSSR count). The highest BCUT2D eigenvalue weighted by atomic mass is 19.4. The van der Waals surface area contributed by atoms with E-state index < -0.39 is 41.2 Å². The summed E-state index contributed by atoms with van der Waals surface area (Å²) in [6, 6.07) is 7.41. The molecule has 2 aliphatic heterocycles. The molecule has 1 aliphatic carbocycles. The van der Waals surface area contributed by atoms with Crippen LogP contribution in [0.3, 0.4) is 0 Å². The molecule has 2 saturated heterocycles. The molecule has 2 aromatic heterocycles. The van der Waals surface area contributed by atoms with Crippen LogP contribution in [0.25, 0.3) is 11.4 Å². The van der Waals surface area contributed by atoms with E-state index in [9.17, 15) is 32.3 Å². The third-order valence-corrected chi connectivity index (χ3v) is 9.19. The lowest BCUT2D eigenvalue weighted by Gasteiger charge is -2.41. The smallest absolute Gasteiger partial charge is 0.384 e. The average molecular weight is 613 g/mol. The molecule has 13 heteroatoms. The zero-order valence-corrected chi connectivity index (χ0v) is 23.8. The van der Waals surface area contributed by atoms with Crippen LogP contribution in [0.5, 0.6) is 0 Å². The van der Waals surface area contributed by atoms with Gasteiger partial charge in [-0.15, -0.1) is 0 Å². The summed E-state index contributed by atoms with van der Waals surface area (Å²) in [5.41, 5.74) is -1.53. The zero-order chi connectivity index (χ0) is 31.1. The van der Waals surface area contributed by atoms with Crippen molar-refractivity contribution in [1.82, 2.24) is 30.1 Å². The predicted molar refractivity (Wildman–Crippen MR) is 150 cm³/mol. The molecule has 2 amide bonds. The van der Waals surface area contributed by atoms with Crippen molar-refractivity contribution in [2.45, 2.75) is 68.4 Å². The first-order valence-electron chi connectivity index (χ1n) is 14.7. The van der Waals surface area contributed by atoms with Crippen LogP contribution in [0.1, 0.15) is 60.1 Å². The van der Waals surface area contributed by atoms with E-state index in [0.717, 1.165) is 37.8 Å². The number of carbonyl (C=O) groups excluding carboxylic acids is 2. The molecule has 3 aromatic rings. The number of rotatable bonds is 6. The lowest BCUT2D eigenvalue weighted by atomic mass is 9.79. The maximum Gasteiger partial charge on any atom is 0.416 e. The fraction of sp³-hybridized carbons (Fsp3) is 0.452. The van der Waals surface area contributed by atoms with Crippen LogP contribution < -0.4 is 5.32 Å². The summed E-state index contributed by atoms with van der Waals surface area (Å²) >= 11 is 0. The minimum atomic E-state index is -4.73. The SMILES string of the molecule is O=C(NCC(=O)N1CC[C@@H]2[C@H]1CCN2C1CCC(O)(c2ccc(-c3ncccn3)cn2)CC1)c1cc(C(F)(F)F)ccc1F. The molecule has 0 bridgehead atoms. The molecule has 232 valence electrons. The normalized spacial score (nSPS) is 25.6. The maximum absolute atomic E-state index is 14.1. The van der Waals surface area contributed by atoms with Crippen molar-refractivity contribution < 1.29 is 32.3 Å². The number of aromatic nitrogens is 3. The third-order valence-electron chi connectivity index (χ3n) is 9.19. The van der Waals surface area contributed by atoms with Gasteiger partial charge >= 0.3 is 6.18 Å². The molecular formula is C31H32F4N6O3. The van der Waals surface area contributed by atoms with Gasteiger partial charge in [-0.3, -0.25) is 19.5 Å². The van der Waals surface area contributed by atoms with Crippen LogP contribution in [0.2, 0.25) is 0 Å². The second-order valence-electron chi connectivity index (χ2n) is 11.7. The number of carbonyl (C=O) groups is 2. The summed E-state index contributed by atoms with van der Waals surface area (Å²) in [5, 5.41) is 13.7. The van der Waals surface area contributed by atoms with Gasteiger partial charge in [0.2, 0.25) is 5.91 Å². The predicted octanol–water partition coefficient (Wildman–Crippen LogP) is 3.93. The Morgan fingerprint density at radius 3 is 2.39 bits per heavy atom. The Labute approximate surface area is 251 Å². The summed E-state index contributed by atoms with van der Waals surface area (Å²) in [5.74, 6) is -1.95. The fourth-order valence-electron chi connectivity index (χ4n) is 6.93. The molecule has 2 atom stereocenters. The molecule has 0 radical (unpaired) electrons. The summed E-state index contributed by atoms with van der Waals surface area (Å²) < 4.78 is 53.2. The van der Waals surface area contributed by atoms with Crippen molar-refractivity contribution in [2.24, 2.45) is 0 Å². The number of aliphatic hydroxyl groups is 1. The van der Waals surface area contributed by atoms with Crippen molar-refractivity contribution in [2.75, 3.05) is 19.6 Å². The number of amides is 2. The minimum absolute atomic E-state index is 0.0417. The largest absolute Gasteiger partial charge is 0.416 e. The lowest BCUT2D eigenvalue weighted by molar-refractivity contribution is -0.137. The molecule has 0 spiro atoms. The van der Waals surface area contributed by atoms with Crippen LogP contribution in [-0.4, -0.2) is 79.4 Å². The molecule has 2 N–H and O–H groups in total. The quantitative estimate of drug-likeness (QED) is 0.406. The first kappa shape index (κ1) is 30.1. The Hall–Kier alpha value is -3.97. The number of benzene rings is 1. The molecule has 0 unspecified atom stereocenters. The Balaban J connectivity index is 1.02. The van der Waals surface area contributed by atoms with Crippen molar-refractivity contribution in [3.05, 3.63) is 77.6 Å². The van der Waals surface area contributed by atoms with E-state index in [4.69, 9.17) is 0 Å². The van der Waals surface area contributed by atoms with Gasteiger partial charge in [-0.1, -0.05) is 0 Å². The topological polar surface area (TPSA) is 112 Å². The Morgan fingerprint density at radius 1 is 0.977 bits per heavy atom. The van der Waals surface area contributed by atoms with E-state index in [1.165, 1.54) is 0 Å². The Kier molecular flexibility index (Phi) is 8.10. The molecule has 3 aliphatic rings. The van der Waals surface area contributed by atoms with Crippen molar-refractivity contribution in [3.63, 3.8) is 0 Å². The third kappa shape index (κ3) is 5.90. The van der Waals surface area contributed by atoms with Gasteiger partial charge in [-0.25, -0.2) is 14.4 Å².